The van der Waals surface area contributed by atoms with Gasteiger partial charge in [0.1, 0.15) is 11.3 Å². The second-order valence-electron chi connectivity index (χ2n) is 5.77. The zero-order chi connectivity index (χ0) is 16.6. The first-order chi connectivity index (χ1) is 11.0. The van der Waals surface area contributed by atoms with Gasteiger partial charge in [-0.25, -0.2) is 0 Å². The highest BCUT2D eigenvalue weighted by molar-refractivity contribution is 5.85. The Hall–Kier alpha value is -3.06. The molecular weight excluding hydrogens is 288 g/mol. The van der Waals surface area contributed by atoms with Crippen molar-refractivity contribution in [2.45, 2.75) is 19.8 Å². The van der Waals surface area contributed by atoms with E-state index in [0.717, 1.165) is 5.56 Å². The van der Waals surface area contributed by atoms with Gasteiger partial charge in [0.05, 0.1) is 22.6 Å². The van der Waals surface area contributed by atoms with Gasteiger partial charge in [-0.2, -0.15) is 5.26 Å². The maximum atomic E-state index is 13.0. The molecule has 23 heavy (non-hydrogen) atoms. The van der Waals surface area contributed by atoms with Gasteiger partial charge in [0.25, 0.3) is 0 Å². The first-order valence-corrected chi connectivity index (χ1v) is 7.38. The van der Waals surface area contributed by atoms with Crippen LogP contribution in [0.15, 0.2) is 51.7 Å². The predicted octanol–water partition coefficient (Wildman–Crippen LogP) is 4.04. The number of rotatable bonds is 2. The number of nitriles is 1. The number of nitrogen functional groups attached to an aromatic ring is 1. The summed E-state index contributed by atoms with van der Waals surface area (Å²) in [6.45, 7) is 3.95. The van der Waals surface area contributed by atoms with Crippen LogP contribution < -0.4 is 11.2 Å². The molecule has 0 amide bonds. The highest BCUT2D eigenvalue weighted by Gasteiger charge is 2.18. The van der Waals surface area contributed by atoms with E-state index in [0.29, 0.717) is 33.5 Å². The van der Waals surface area contributed by atoms with Crippen molar-refractivity contribution in [1.82, 2.24) is 0 Å². The van der Waals surface area contributed by atoms with E-state index in [1.54, 1.807) is 42.5 Å². The zero-order valence-corrected chi connectivity index (χ0v) is 13.0. The van der Waals surface area contributed by atoms with Crippen LogP contribution in [-0.2, 0) is 0 Å². The monoisotopic (exact) mass is 304 g/mol. The minimum atomic E-state index is -0.0837. The van der Waals surface area contributed by atoms with E-state index in [2.05, 4.69) is 6.07 Å². The van der Waals surface area contributed by atoms with Crippen molar-refractivity contribution in [3.05, 3.63) is 64.0 Å². The third kappa shape index (κ3) is 2.58. The Morgan fingerprint density at radius 3 is 2.43 bits per heavy atom. The van der Waals surface area contributed by atoms with E-state index in [9.17, 15) is 4.79 Å². The van der Waals surface area contributed by atoms with Crippen LogP contribution in [0, 0.1) is 11.3 Å². The van der Waals surface area contributed by atoms with Gasteiger partial charge < -0.3 is 10.2 Å². The molecule has 0 radical (unpaired) electrons. The smallest absolute Gasteiger partial charge is 0.200 e. The molecule has 0 unspecified atom stereocenters. The quantitative estimate of drug-likeness (QED) is 0.725. The number of nitrogens with zero attached hydrogens (tertiary/aromatic N) is 1. The maximum absolute atomic E-state index is 13.0. The third-order valence-electron chi connectivity index (χ3n) is 3.77. The summed E-state index contributed by atoms with van der Waals surface area (Å²) in [6, 6.07) is 14.1. The Labute approximate surface area is 133 Å². The highest BCUT2D eigenvalue weighted by Crippen LogP contribution is 2.30. The Kier molecular flexibility index (Phi) is 3.63. The largest absolute Gasteiger partial charge is 0.460 e. The van der Waals surface area contributed by atoms with Gasteiger partial charge in [-0.05, 0) is 29.8 Å². The standard InChI is InChI=1S/C19H16N2O2/c1-11(2)19-17(13-5-3-12(10-20)4-6-13)18(22)15-8-7-14(21)9-16(15)23-19/h3-9,11H,21H2,1-2H3. The number of nitrogens with two attached hydrogens (primary N) is 1. The molecule has 3 aromatic rings. The molecule has 4 nitrogen and oxygen atoms in total. The van der Waals surface area contributed by atoms with Gasteiger partial charge in [-0.1, -0.05) is 26.0 Å². The third-order valence-corrected chi connectivity index (χ3v) is 3.77. The number of hydrogen-bond acceptors (Lipinski definition) is 4. The van der Waals surface area contributed by atoms with Gasteiger partial charge in [-0.15, -0.1) is 0 Å². The van der Waals surface area contributed by atoms with Gasteiger partial charge in [-0.3, -0.25) is 4.79 Å². The lowest BCUT2D eigenvalue weighted by atomic mass is 9.96. The molecule has 0 saturated carbocycles. The first kappa shape index (κ1) is 14.9. The maximum Gasteiger partial charge on any atom is 0.200 e. The topological polar surface area (TPSA) is 80.0 Å². The minimum absolute atomic E-state index is 0.0409. The summed E-state index contributed by atoms with van der Waals surface area (Å²) in [5.41, 5.74) is 8.61. The molecule has 0 aliphatic rings. The van der Waals surface area contributed by atoms with Crippen molar-refractivity contribution in [3.63, 3.8) is 0 Å². The molecule has 0 aliphatic heterocycles. The predicted molar refractivity (Wildman–Crippen MR) is 91.1 cm³/mol. The van der Waals surface area contributed by atoms with E-state index in [1.807, 2.05) is 13.8 Å². The van der Waals surface area contributed by atoms with Crippen molar-refractivity contribution < 1.29 is 4.42 Å². The van der Waals surface area contributed by atoms with Crippen LogP contribution >= 0.6 is 0 Å². The van der Waals surface area contributed by atoms with Crippen LogP contribution in [0.3, 0.4) is 0 Å². The van der Waals surface area contributed by atoms with Crippen molar-refractivity contribution >= 4 is 16.7 Å². The molecule has 0 atom stereocenters. The Bertz CT molecular complexity index is 977. The normalized spacial score (nSPS) is 10.9. The number of anilines is 1. The molecule has 114 valence electrons. The van der Waals surface area contributed by atoms with Gasteiger partial charge in [0, 0.05) is 17.7 Å². The molecule has 3 rings (SSSR count). The Morgan fingerprint density at radius 2 is 1.83 bits per heavy atom. The molecule has 2 aromatic carbocycles. The van der Waals surface area contributed by atoms with E-state index >= 15 is 0 Å². The fourth-order valence-corrected chi connectivity index (χ4v) is 2.62. The summed E-state index contributed by atoms with van der Waals surface area (Å²) in [7, 11) is 0. The summed E-state index contributed by atoms with van der Waals surface area (Å²) in [5, 5.41) is 9.42. The van der Waals surface area contributed by atoms with E-state index in [1.165, 1.54) is 0 Å². The molecule has 1 heterocycles. The fourth-order valence-electron chi connectivity index (χ4n) is 2.62. The summed E-state index contributed by atoms with van der Waals surface area (Å²) >= 11 is 0. The van der Waals surface area contributed by atoms with Crippen LogP contribution in [0.1, 0.15) is 31.1 Å². The van der Waals surface area contributed by atoms with Crippen LogP contribution in [0.4, 0.5) is 5.69 Å². The summed E-state index contributed by atoms with van der Waals surface area (Å²) in [6.07, 6.45) is 0. The lowest BCUT2D eigenvalue weighted by molar-refractivity contribution is 0.512. The Balaban J connectivity index is 2.36. The molecule has 0 aliphatic carbocycles. The lowest BCUT2D eigenvalue weighted by Crippen LogP contribution is -2.10. The van der Waals surface area contributed by atoms with Crippen molar-refractivity contribution in [3.8, 4) is 17.2 Å². The van der Waals surface area contributed by atoms with E-state index < -0.39 is 0 Å². The Morgan fingerprint density at radius 1 is 1.13 bits per heavy atom. The van der Waals surface area contributed by atoms with Gasteiger partial charge >= 0.3 is 0 Å². The first-order valence-electron chi connectivity index (χ1n) is 7.38. The molecule has 4 heteroatoms. The summed E-state index contributed by atoms with van der Waals surface area (Å²) in [4.78, 5) is 13.0. The molecule has 0 spiro atoms. The second-order valence-corrected chi connectivity index (χ2v) is 5.77. The van der Waals surface area contributed by atoms with Crippen LogP contribution in [0.5, 0.6) is 0 Å². The van der Waals surface area contributed by atoms with Crippen molar-refractivity contribution in [2.24, 2.45) is 0 Å². The van der Waals surface area contributed by atoms with E-state index in [4.69, 9.17) is 15.4 Å². The van der Waals surface area contributed by atoms with E-state index in [-0.39, 0.29) is 11.3 Å². The molecule has 2 N–H and O–H groups in total. The number of fused-ring (bicyclic) bond motifs is 1. The highest BCUT2D eigenvalue weighted by atomic mass is 16.3. The van der Waals surface area contributed by atoms with Crippen LogP contribution in [0.2, 0.25) is 0 Å². The second kappa shape index (κ2) is 5.62. The van der Waals surface area contributed by atoms with Crippen molar-refractivity contribution in [2.75, 3.05) is 5.73 Å². The summed E-state index contributed by atoms with van der Waals surface area (Å²) < 4.78 is 5.98. The van der Waals surface area contributed by atoms with Gasteiger partial charge in [0.2, 0.25) is 5.43 Å². The molecule has 0 bridgehead atoms. The SMILES string of the molecule is CC(C)c1oc2cc(N)ccc2c(=O)c1-c1ccc(C#N)cc1. The zero-order valence-electron chi connectivity index (χ0n) is 13.0. The number of hydrogen-bond donors (Lipinski definition) is 1. The van der Waals surface area contributed by atoms with Gasteiger partial charge in [0.15, 0.2) is 0 Å². The molecule has 0 fully saturated rings. The molecular formula is C19H16N2O2. The lowest BCUT2D eigenvalue weighted by Gasteiger charge is -2.13. The molecule has 0 saturated heterocycles. The summed E-state index contributed by atoms with van der Waals surface area (Å²) in [5.74, 6) is 0.664. The van der Waals surface area contributed by atoms with Crippen LogP contribution in [0.25, 0.3) is 22.1 Å². The van der Waals surface area contributed by atoms with Crippen LogP contribution in [-0.4, -0.2) is 0 Å². The average Bonchev–Trinajstić information content (AvgIpc) is 2.54. The fraction of sp³-hybridized carbons (Fsp3) is 0.158. The molecule has 1 aromatic heterocycles. The average molecular weight is 304 g/mol. The number of benzene rings is 2. The van der Waals surface area contributed by atoms with Crippen molar-refractivity contribution in [1.29, 1.82) is 5.26 Å². The minimum Gasteiger partial charge on any atom is -0.460 e.